The summed E-state index contributed by atoms with van der Waals surface area (Å²) in [6.45, 7) is 4.76. The van der Waals surface area contributed by atoms with Crippen molar-refractivity contribution < 1.29 is 22.0 Å². The Morgan fingerprint density at radius 1 is 1.16 bits per heavy atom. The Kier molecular flexibility index (Phi) is 4.00. The Labute approximate surface area is 110 Å². The number of benzene rings is 1. The van der Waals surface area contributed by atoms with E-state index >= 15 is 0 Å². The number of sulfonamides is 1. The predicted molar refractivity (Wildman–Crippen MR) is 68.6 cm³/mol. The van der Waals surface area contributed by atoms with Crippen molar-refractivity contribution in [3.8, 4) is 0 Å². The lowest BCUT2D eigenvalue weighted by Gasteiger charge is -2.18. The van der Waals surface area contributed by atoms with Crippen LogP contribution in [0.5, 0.6) is 0 Å². The molecule has 0 aliphatic rings. The summed E-state index contributed by atoms with van der Waals surface area (Å²) in [4.78, 5) is 12.0. The highest BCUT2D eigenvalue weighted by molar-refractivity contribution is 7.92. The number of carbonyl (C=O) groups is 1. The van der Waals surface area contributed by atoms with E-state index in [0.29, 0.717) is 6.07 Å². The first-order valence-corrected chi connectivity index (χ1v) is 7.32. The molecule has 0 fully saturated rings. The highest BCUT2D eigenvalue weighted by Crippen LogP contribution is 2.27. The molecular weight excluding hydrogens is 276 g/mol. The molecule has 0 aliphatic carbocycles. The zero-order valence-electron chi connectivity index (χ0n) is 11.0. The van der Waals surface area contributed by atoms with Crippen LogP contribution < -0.4 is 4.72 Å². The fourth-order valence-electron chi connectivity index (χ4n) is 1.40. The molecule has 0 radical (unpaired) electrons. The highest BCUT2D eigenvalue weighted by Gasteiger charge is 2.27. The second kappa shape index (κ2) is 4.88. The topological polar surface area (TPSA) is 63.2 Å². The van der Waals surface area contributed by atoms with Gasteiger partial charge in [0.2, 0.25) is 10.0 Å². The van der Waals surface area contributed by atoms with Crippen molar-refractivity contribution in [2.45, 2.75) is 20.8 Å². The largest absolute Gasteiger partial charge is 0.293 e. The Bertz CT molecular complexity index is 619. The lowest BCUT2D eigenvalue weighted by Crippen LogP contribution is -2.22. The van der Waals surface area contributed by atoms with Gasteiger partial charge in [-0.1, -0.05) is 20.8 Å². The van der Waals surface area contributed by atoms with Gasteiger partial charge in [0.05, 0.1) is 17.5 Å². The monoisotopic (exact) mass is 291 g/mol. The van der Waals surface area contributed by atoms with Crippen molar-refractivity contribution in [2.75, 3.05) is 11.0 Å². The molecule has 1 rings (SSSR count). The van der Waals surface area contributed by atoms with E-state index < -0.39 is 38.5 Å². The predicted octanol–water partition coefficient (Wildman–Crippen LogP) is 2.57. The molecule has 7 heteroatoms. The molecule has 0 bridgehead atoms. The summed E-state index contributed by atoms with van der Waals surface area (Å²) in [7, 11) is -3.71. The number of Topliss-reactive ketones (excluding diaryl/α,β-unsaturated/α-hetero) is 1. The van der Waals surface area contributed by atoms with Gasteiger partial charge < -0.3 is 0 Å². The molecule has 0 saturated carbocycles. The molecule has 106 valence electrons. The van der Waals surface area contributed by atoms with Crippen LogP contribution in [0.3, 0.4) is 0 Å². The van der Waals surface area contributed by atoms with Gasteiger partial charge in [0, 0.05) is 11.5 Å². The summed E-state index contributed by atoms with van der Waals surface area (Å²) < 4.78 is 51.1. The summed E-state index contributed by atoms with van der Waals surface area (Å²) in [5.74, 6) is -2.63. The van der Waals surface area contributed by atoms with E-state index in [1.807, 2.05) is 4.72 Å². The van der Waals surface area contributed by atoms with E-state index in [-0.39, 0.29) is 5.56 Å². The molecule has 0 spiro atoms. The van der Waals surface area contributed by atoms with Crippen LogP contribution >= 0.6 is 0 Å². The number of rotatable bonds is 3. The first-order chi connectivity index (χ1) is 8.42. The summed E-state index contributed by atoms with van der Waals surface area (Å²) in [5.41, 5.74) is -1.65. The third kappa shape index (κ3) is 3.99. The van der Waals surface area contributed by atoms with Crippen LogP contribution in [0.25, 0.3) is 0 Å². The molecule has 1 aromatic carbocycles. The van der Waals surface area contributed by atoms with Crippen LogP contribution in [0.4, 0.5) is 14.5 Å². The Hall–Kier alpha value is -1.50. The lowest BCUT2D eigenvalue weighted by atomic mass is 9.86. The van der Waals surface area contributed by atoms with Crippen molar-refractivity contribution in [1.29, 1.82) is 0 Å². The maximum absolute atomic E-state index is 13.6. The number of hydrogen-bond donors (Lipinski definition) is 1. The second-order valence-electron chi connectivity index (χ2n) is 5.27. The summed E-state index contributed by atoms with van der Waals surface area (Å²) in [6.07, 6.45) is 0.834. The Morgan fingerprint density at radius 2 is 1.68 bits per heavy atom. The standard InChI is InChI=1S/C12H15F2NO3S/c1-12(2,3)11(16)7-5-10(15-19(4,17)18)9(14)6-8(7)13/h5-6,15H,1-4H3. The lowest BCUT2D eigenvalue weighted by molar-refractivity contribution is 0.0854. The van der Waals surface area contributed by atoms with Gasteiger partial charge in [-0.15, -0.1) is 0 Å². The summed E-state index contributed by atoms with van der Waals surface area (Å²) >= 11 is 0. The van der Waals surface area contributed by atoms with Crippen LogP contribution in [0.15, 0.2) is 12.1 Å². The number of anilines is 1. The third-order valence-electron chi connectivity index (χ3n) is 2.28. The number of ketones is 1. The molecule has 0 atom stereocenters. The Morgan fingerprint density at radius 3 is 2.11 bits per heavy atom. The van der Waals surface area contributed by atoms with Gasteiger partial charge in [-0.05, 0) is 6.07 Å². The fraction of sp³-hybridized carbons (Fsp3) is 0.417. The molecule has 0 unspecified atom stereocenters. The SMILES string of the molecule is CC(C)(C)C(=O)c1cc(NS(C)(=O)=O)c(F)cc1F. The number of hydrogen-bond acceptors (Lipinski definition) is 3. The molecule has 0 saturated heterocycles. The summed E-state index contributed by atoms with van der Waals surface area (Å²) in [5, 5.41) is 0. The summed E-state index contributed by atoms with van der Waals surface area (Å²) in [6, 6.07) is 1.37. The Balaban J connectivity index is 3.36. The van der Waals surface area contributed by atoms with Crippen LogP contribution in [0, 0.1) is 17.0 Å². The average Bonchev–Trinajstić information content (AvgIpc) is 2.18. The van der Waals surface area contributed by atoms with Crippen molar-refractivity contribution in [3.63, 3.8) is 0 Å². The van der Waals surface area contributed by atoms with Gasteiger partial charge in [-0.25, -0.2) is 17.2 Å². The minimum atomic E-state index is -3.71. The molecule has 4 nitrogen and oxygen atoms in total. The molecule has 1 aromatic rings. The van der Waals surface area contributed by atoms with Crippen LogP contribution in [-0.4, -0.2) is 20.5 Å². The van der Waals surface area contributed by atoms with E-state index in [2.05, 4.69) is 0 Å². The maximum atomic E-state index is 13.6. The zero-order valence-corrected chi connectivity index (χ0v) is 11.9. The number of halogens is 2. The van der Waals surface area contributed by atoms with E-state index in [1.54, 1.807) is 20.8 Å². The second-order valence-corrected chi connectivity index (χ2v) is 7.01. The average molecular weight is 291 g/mol. The van der Waals surface area contributed by atoms with Gasteiger partial charge in [-0.2, -0.15) is 0 Å². The van der Waals surface area contributed by atoms with E-state index in [4.69, 9.17) is 0 Å². The van der Waals surface area contributed by atoms with Crippen LogP contribution in [0.1, 0.15) is 31.1 Å². The minimum absolute atomic E-state index is 0.347. The highest BCUT2D eigenvalue weighted by atomic mass is 32.2. The first kappa shape index (κ1) is 15.6. The van der Waals surface area contributed by atoms with Crippen LogP contribution in [0.2, 0.25) is 0 Å². The first-order valence-electron chi connectivity index (χ1n) is 5.43. The van der Waals surface area contributed by atoms with E-state index in [9.17, 15) is 22.0 Å². The molecule has 0 aliphatic heterocycles. The van der Waals surface area contributed by atoms with Gasteiger partial charge >= 0.3 is 0 Å². The van der Waals surface area contributed by atoms with Gasteiger partial charge in [0.1, 0.15) is 11.6 Å². The normalized spacial score (nSPS) is 12.3. The fourth-order valence-corrected chi connectivity index (χ4v) is 1.96. The zero-order chi connectivity index (χ0) is 15.0. The molecular formula is C12H15F2NO3S. The number of nitrogens with one attached hydrogen (secondary N) is 1. The molecule has 0 amide bonds. The van der Waals surface area contributed by atoms with Crippen LogP contribution in [-0.2, 0) is 10.0 Å². The molecule has 1 N–H and O–H groups in total. The van der Waals surface area contributed by atoms with Crippen molar-refractivity contribution in [1.82, 2.24) is 0 Å². The quantitative estimate of drug-likeness (QED) is 0.871. The number of carbonyl (C=O) groups excluding carboxylic acids is 1. The molecule has 0 heterocycles. The van der Waals surface area contributed by atoms with Gasteiger partial charge in [0.25, 0.3) is 0 Å². The minimum Gasteiger partial charge on any atom is -0.293 e. The van der Waals surface area contributed by atoms with Crippen molar-refractivity contribution in [3.05, 3.63) is 29.3 Å². The molecule has 0 aromatic heterocycles. The van der Waals surface area contributed by atoms with Crippen molar-refractivity contribution >= 4 is 21.5 Å². The van der Waals surface area contributed by atoms with Crippen molar-refractivity contribution in [2.24, 2.45) is 5.41 Å². The third-order valence-corrected chi connectivity index (χ3v) is 2.87. The van der Waals surface area contributed by atoms with E-state index in [1.165, 1.54) is 0 Å². The smallest absolute Gasteiger partial charge is 0.229 e. The maximum Gasteiger partial charge on any atom is 0.229 e. The van der Waals surface area contributed by atoms with Gasteiger partial charge in [-0.3, -0.25) is 9.52 Å². The molecule has 19 heavy (non-hydrogen) atoms. The van der Waals surface area contributed by atoms with E-state index in [0.717, 1.165) is 12.3 Å². The van der Waals surface area contributed by atoms with Gasteiger partial charge in [0.15, 0.2) is 5.78 Å².